The molecule has 21 heavy (non-hydrogen) atoms. The largest absolute Gasteiger partial charge is 0.480 e. The average Bonchev–Trinajstić information content (AvgIpc) is 2.33. The van der Waals surface area contributed by atoms with Gasteiger partial charge in [0.25, 0.3) is 0 Å². The van der Waals surface area contributed by atoms with Crippen molar-refractivity contribution < 1.29 is 27.9 Å². The van der Waals surface area contributed by atoms with E-state index in [1.54, 1.807) is 0 Å². The molecule has 1 atom stereocenters. The van der Waals surface area contributed by atoms with Crippen LogP contribution in [-0.2, 0) is 16.0 Å². The Bertz CT molecular complexity index is 555. The molecule has 0 radical (unpaired) electrons. The fraction of sp³-hybridized carbons (Fsp3) is 0.273. The van der Waals surface area contributed by atoms with Gasteiger partial charge in [0.2, 0.25) is 0 Å². The molecule has 0 aliphatic rings. The van der Waals surface area contributed by atoms with Gasteiger partial charge in [0.05, 0.1) is 15.7 Å². The van der Waals surface area contributed by atoms with Crippen LogP contribution in [0.4, 0.5) is 18.9 Å². The summed E-state index contributed by atoms with van der Waals surface area (Å²) in [6.45, 7) is 0. The fourth-order valence-electron chi connectivity index (χ4n) is 1.43. The lowest BCUT2D eigenvalue weighted by Crippen LogP contribution is -2.47. The average molecular weight is 345 g/mol. The quantitative estimate of drug-likeness (QED) is 0.730. The minimum atomic E-state index is -5.18. The van der Waals surface area contributed by atoms with Gasteiger partial charge >= 0.3 is 18.1 Å². The van der Waals surface area contributed by atoms with E-state index in [1.165, 1.54) is 17.4 Å². The predicted octanol–water partition coefficient (Wildman–Crippen LogP) is 2.25. The smallest absolute Gasteiger partial charge is 0.471 e. The SMILES string of the molecule is Nc1c(Cl)cc(C[C@H](NC(=O)C(F)(F)F)C(=O)O)cc1Cl. The van der Waals surface area contributed by atoms with E-state index in [1.807, 2.05) is 0 Å². The molecule has 10 heteroatoms. The van der Waals surface area contributed by atoms with Crippen LogP contribution in [0.25, 0.3) is 0 Å². The number of carbonyl (C=O) groups is 2. The van der Waals surface area contributed by atoms with E-state index in [4.69, 9.17) is 34.0 Å². The molecular weight excluding hydrogens is 336 g/mol. The summed E-state index contributed by atoms with van der Waals surface area (Å²) in [4.78, 5) is 21.7. The number of amides is 1. The van der Waals surface area contributed by atoms with Crippen molar-refractivity contribution >= 4 is 40.8 Å². The maximum Gasteiger partial charge on any atom is 0.471 e. The van der Waals surface area contributed by atoms with E-state index in [2.05, 4.69) is 0 Å². The van der Waals surface area contributed by atoms with Crippen molar-refractivity contribution in [3.8, 4) is 0 Å². The number of carbonyl (C=O) groups excluding carboxylic acids is 1. The number of hydrogen-bond donors (Lipinski definition) is 3. The highest BCUT2D eigenvalue weighted by Gasteiger charge is 2.40. The molecule has 5 nitrogen and oxygen atoms in total. The standard InChI is InChI=1S/C11H9Cl2F3N2O3/c12-5-1-4(2-6(13)8(5)17)3-7(9(19)20)18-10(21)11(14,15)16/h1-2,7H,3,17H2,(H,18,21)(H,19,20)/t7-/m0/s1. The summed E-state index contributed by atoms with van der Waals surface area (Å²) in [5.41, 5.74) is 5.76. The van der Waals surface area contributed by atoms with Crippen molar-refractivity contribution in [3.63, 3.8) is 0 Å². The molecular formula is C11H9Cl2F3N2O3. The second-order valence-corrected chi connectivity index (χ2v) is 4.85. The predicted molar refractivity (Wildman–Crippen MR) is 70.2 cm³/mol. The maximum atomic E-state index is 12.1. The van der Waals surface area contributed by atoms with Gasteiger partial charge in [-0.1, -0.05) is 23.2 Å². The zero-order valence-corrected chi connectivity index (χ0v) is 11.7. The van der Waals surface area contributed by atoms with E-state index in [0.717, 1.165) is 0 Å². The molecule has 0 unspecified atom stereocenters. The Hall–Kier alpha value is -1.67. The fourth-order valence-corrected chi connectivity index (χ4v) is 1.96. The number of aliphatic carboxylic acids is 1. The summed E-state index contributed by atoms with van der Waals surface area (Å²) in [7, 11) is 0. The molecule has 1 rings (SSSR count). The number of carboxylic acids is 1. The molecule has 0 heterocycles. The van der Waals surface area contributed by atoms with E-state index < -0.39 is 30.5 Å². The molecule has 1 amide bonds. The van der Waals surface area contributed by atoms with Crippen LogP contribution >= 0.6 is 23.2 Å². The zero-order chi connectivity index (χ0) is 16.4. The first-order valence-corrected chi connectivity index (χ1v) is 6.12. The van der Waals surface area contributed by atoms with Crippen LogP contribution in [0.1, 0.15) is 5.56 Å². The van der Waals surface area contributed by atoms with Gasteiger partial charge in [0.1, 0.15) is 6.04 Å². The normalized spacial score (nSPS) is 12.8. The van der Waals surface area contributed by atoms with Gasteiger partial charge in [-0.25, -0.2) is 4.79 Å². The summed E-state index contributed by atoms with van der Waals surface area (Å²) in [6, 6.07) is 0.742. The first kappa shape index (κ1) is 17.4. The monoisotopic (exact) mass is 344 g/mol. The van der Waals surface area contributed by atoms with E-state index >= 15 is 0 Å². The van der Waals surface area contributed by atoms with Crippen molar-refractivity contribution in [2.75, 3.05) is 5.73 Å². The zero-order valence-electron chi connectivity index (χ0n) is 10.2. The molecule has 0 spiro atoms. The van der Waals surface area contributed by atoms with Crippen LogP contribution in [0.15, 0.2) is 12.1 Å². The number of rotatable bonds is 4. The Kier molecular flexibility index (Phi) is 5.30. The molecule has 1 aromatic rings. The molecule has 0 aliphatic heterocycles. The number of hydrogen-bond acceptors (Lipinski definition) is 3. The van der Waals surface area contributed by atoms with Crippen LogP contribution in [0.3, 0.4) is 0 Å². The third kappa shape index (κ3) is 4.68. The van der Waals surface area contributed by atoms with E-state index in [9.17, 15) is 22.8 Å². The summed E-state index contributed by atoms with van der Waals surface area (Å²) < 4.78 is 36.4. The highest BCUT2D eigenvalue weighted by atomic mass is 35.5. The highest BCUT2D eigenvalue weighted by molar-refractivity contribution is 6.38. The Morgan fingerprint density at radius 2 is 1.76 bits per heavy atom. The van der Waals surface area contributed by atoms with Crippen LogP contribution in [-0.4, -0.2) is 29.2 Å². The van der Waals surface area contributed by atoms with Crippen LogP contribution in [0.5, 0.6) is 0 Å². The second-order valence-electron chi connectivity index (χ2n) is 4.04. The maximum absolute atomic E-state index is 12.1. The Morgan fingerprint density at radius 3 is 2.14 bits per heavy atom. The molecule has 0 bridgehead atoms. The number of carboxylic acid groups (broad SMARTS) is 1. The van der Waals surface area contributed by atoms with E-state index in [-0.39, 0.29) is 21.3 Å². The Labute approximate surface area is 126 Å². The van der Waals surface area contributed by atoms with Gasteiger partial charge in [0, 0.05) is 6.42 Å². The van der Waals surface area contributed by atoms with Gasteiger partial charge in [-0.05, 0) is 17.7 Å². The molecule has 4 N–H and O–H groups in total. The third-order valence-corrected chi connectivity index (χ3v) is 3.06. The van der Waals surface area contributed by atoms with Crippen LogP contribution in [0.2, 0.25) is 10.0 Å². The van der Waals surface area contributed by atoms with Crippen molar-refractivity contribution in [3.05, 3.63) is 27.7 Å². The number of nitrogens with two attached hydrogens (primary N) is 1. The van der Waals surface area contributed by atoms with Gasteiger partial charge in [0.15, 0.2) is 0 Å². The minimum absolute atomic E-state index is 0.0313. The first-order chi connectivity index (χ1) is 9.52. The van der Waals surface area contributed by atoms with Gasteiger partial charge < -0.3 is 16.2 Å². The highest BCUT2D eigenvalue weighted by Crippen LogP contribution is 2.29. The van der Waals surface area contributed by atoms with Crippen LogP contribution < -0.4 is 11.1 Å². The number of halogens is 5. The third-order valence-electron chi connectivity index (χ3n) is 2.44. The van der Waals surface area contributed by atoms with Crippen molar-refractivity contribution in [2.24, 2.45) is 0 Å². The van der Waals surface area contributed by atoms with Gasteiger partial charge in [-0.15, -0.1) is 0 Å². The second kappa shape index (κ2) is 6.40. The number of alkyl halides is 3. The summed E-state index contributed by atoms with van der Waals surface area (Å²) in [5.74, 6) is -3.97. The van der Waals surface area contributed by atoms with Crippen molar-refractivity contribution in [2.45, 2.75) is 18.6 Å². The molecule has 0 aliphatic carbocycles. The number of nitrogen functional groups attached to an aromatic ring is 1. The molecule has 0 saturated carbocycles. The lowest BCUT2D eigenvalue weighted by Gasteiger charge is -2.16. The topological polar surface area (TPSA) is 92.4 Å². The number of nitrogens with one attached hydrogen (secondary N) is 1. The van der Waals surface area contributed by atoms with E-state index in [0.29, 0.717) is 0 Å². The lowest BCUT2D eigenvalue weighted by molar-refractivity contribution is -0.175. The Morgan fingerprint density at radius 1 is 1.29 bits per heavy atom. The number of anilines is 1. The minimum Gasteiger partial charge on any atom is -0.480 e. The molecule has 0 aromatic heterocycles. The number of benzene rings is 1. The summed E-state index contributed by atoms with van der Waals surface area (Å²) in [6.07, 6.45) is -5.61. The molecule has 0 saturated heterocycles. The van der Waals surface area contributed by atoms with Crippen LogP contribution in [0, 0.1) is 0 Å². The molecule has 116 valence electrons. The summed E-state index contributed by atoms with van der Waals surface area (Å²) >= 11 is 11.5. The lowest BCUT2D eigenvalue weighted by atomic mass is 10.1. The van der Waals surface area contributed by atoms with Crippen molar-refractivity contribution in [1.29, 1.82) is 0 Å². The first-order valence-electron chi connectivity index (χ1n) is 5.36. The van der Waals surface area contributed by atoms with Gasteiger partial charge in [-0.3, -0.25) is 4.79 Å². The Balaban J connectivity index is 2.95. The van der Waals surface area contributed by atoms with Gasteiger partial charge in [-0.2, -0.15) is 13.2 Å². The molecule has 0 fully saturated rings. The molecule has 1 aromatic carbocycles. The summed E-state index contributed by atoms with van der Waals surface area (Å²) in [5, 5.41) is 10.3. The van der Waals surface area contributed by atoms with Crippen molar-refractivity contribution in [1.82, 2.24) is 5.32 Å².